The van der Waals surface area contributed by atoms with Gasteiger partial charge in [-0.3, -0.25) is 19.2 Å². The van der Waals surface area contributed by atoms with E-state index in [0.29, 0.717) is 39.0 Å². The van der Waals surface area contributed by atoms with Crippen molar-refractivity contribution >= 4 is 52.7 Å². The molecule has 6 rings (SSSR count). The Bertz CT molecular complexity index is 2360. The lowest BCUT2D eigenvalue weighted by atomic mass is 9.95. The molecular weight excluding hydrogens is 854 g/mol. The largest absolute Gasteiger partial charge is 0.471 e. The smallest absolute Gasteiger partial charge is 0.444 e. The fraction of sp³-hybridized carbons (Fsp3) is 0.436. The number of hydrogen-bond acceptors (Lipinski definition) is 9. The number of piperazine rings is 1. The molecule has 0 saturated carbocycles. The fourth-order valence-corrected chi connectivity index (χ4v) is 7.19. The van der Waals surface area contributed by atoms with Gasteiger partial charge in [0.05, 0.1) is 39.9 Å². The SMILES string of the molecule is CN(C(=O)C(F)(F)F)c1ccc(-n2cc(-c3cnc(C(=O)Nc4ccc(C(=O)N5CCN(C(=O)C6CCN(C(=O)OC(C)(C)C)CC6)CC5)c(Cl)c4)n3C)c(C(F)(F)F)n2)nc1. The number of ether oxygens (including phenoxy) is 1. The number of carbonyl (C=O) groups is 5. The summed E-state index contributed by atoms with van der Waals surface area (Å²) in [5.74, 6) is -4.22. The number of imidazole rings is 1. The van der Waals surface area contributed by atoms with E-state index in [1.54, 1.807) is 35.5 Å². The zero-order valence-corrected chi connectivity index (χ0v) is 34.7. The molecule has 1 aromatic carbocycles. The molecule has 16 nitrogen and oxygen atoms in total. The molecule has 0 radical (unpaired) electrons. The number of halogens is 7. The van der Waals surface area contributed by atoms with Crippen LogP contribution in [0.25, 0.3) is 17.1 Å². The van der Waals surface area contributed by atoms with Crippen molar-refractivity contribution in [2.45, 2.75) is 51.6 Å². The number of amides is 5. The minimum Gasteiger partial charge on any atom is -0.444 e. The lowest BCUT2D eigenvalue weighted by Gasteiger charge is -2.38. The van der Waals surface area contributed by atoms with E-state index in [-0.39, 0.29) is 69.1 Å². The van der Waals surface area contributed by atoms with Crippen LogP contribution in [0.5, 0.6) is 0 Å². The second-order valence-corrected chi connectivity index (χ2v) is 16.0. The van der Waals surface area contributed by atoms with E-state index >= 15 is 0 Å². The molecule has 2 aliphatic heterocycles. The van der Waals surface area contributed by atoms with E-state index in [1.807, 2.05) is 0 Å². The van der Waals surface area contributed by atoms with Gasteiger partial charge in [0.25, 0.3) is 11.8 Å². The molecule has 62 heavy (non-hydrogen) atoms. The standard InChI is InChI=1S/C39H41ClF6N10O6/c1-37(2,3)62-36(61)55-12-10-22(11-13-55)33(58)53-14-16-54(17-15-53)34(59)25-8-6-23(18-27(25)40)49-32(57)31-48-20-28(52(31)5)26-21-56(50-30(26)38(41,42)43)29-9-7-24(19-47-29)51(4)35(60)39(44,45)46/h6-9,18-22H,10-17H2,1-5H3,(H,49,57). The molecule has 2 saturated heterocycles. The van der Waals surface area contributed by atoms with Crippen LogP contribution in [0.3, 0.4) is 0 Å². The predicted octanol–water partition coefficient (Wildman–Crippen LogP) is 6.05. The summed E-state index contributed by atoms with van der Waals surface area (Å²) in [6.45, 7) is 7.29. The number of nitrogens with one attached hydrogen (secondary N) is 1. The first-order chi connectivity index (χ1) is 28.9. The average Bonchev–Trinajstić information content (AvgIpc) is 3.83. The molecule has 0 aliphatic carbocycles. The Morgan fingerprint density at radius 2 is 1.50 bits per heavy atom. The van der Waals surface area contributed by atoms with Crippen molar-refractivity contribution in [1.82, 2.24) is 39.0 Å². The lowest BCUT2D eigenvalue weighted by Crippen LogP contribution is -2.53. The fourth-order valence-electron chi connectivity index (χ4n) is 6.93. The van der Waals surface area contributed by atoms with E-state index in [1.165, 1.54) is 25.2 Å². The molecule has 0 bridgehead atoms. The monoisotopic (exact) mass is 894 g/mol. The Morgan fingerprint density at radius 3 is 2.06 bits per heavy atom. The maximum Gasteiger partial charge on any atom is 0.471 e. The third kappa shape index (κ3) is 9.95. The third-order valence-corrected chi connectivity index (χ3v) is 10.5. The molecular formula is C39H41ClF6N10O6. The maximum absolute atomic E-state index is 14.2. The predicted molar refractivity (Wildman–Crippen MR) is 210 cm³/mol. The summed E-state index contributed by atoms with van der Waals surface area (Å²) in [6.07, 6.45) is -6.73. The summed E-state index contributed by atoms with van der Waals surface area (Å²) < 4.78 is 88.6. The van der Waals surface area contributed by atoms with E-state index in [2.05, 4.69) is 20.4 Å². The molecule has 332 valence electrons. The van der Waals surface area contributed by atoms with Gasteiger partial charge in [-0.1, -0.05) is 11.6 Å². The van der Waals surface area contributed by atoms with Crippen LogP contribution in [-0.4, -0.2) is 127 Å². The number of nitrogens with zero attached hydrogens (tertiary/aromatic N) is 9. The highest BCUT2D eigenvalue weighted by Gasteiger charge is 2.42. The van der Waals surface area contributed by atoms with Crippen LogP contribution in [0.2, 0.25) is 5.02 Å². The van der Waals surface area contributed by atoms with E-state index in [0.717, 1.165) is 47.0 Å². The highest BCUT2D eigenvalue weighted by Crippen LogP contribution is 2.37. The number of pyridine rings is 1. The molecule has 5 amide bonds. The van der Waals surface area contributed by atoms with Gasteiger partial charge in [-0.25, -0.2) is 19.4 Å². The van der Waals surface area contributed by atoms with E-state index < -0.39 is 53.0 Å². The van der Waals surface area contributed by atoms with Crippen molar-refractivity contribution in [2.24, 2.45) is 13.0 Å². The van der Waals surface area contributed by atoms with Gasteiger partial charge in [0.15, 0.2) is 17.3 Å². The Hall–Kier alpha value is -6.19. The van der Waals surface area contributed by atoms with E-state index in [9.17, 15) is 50.3 Å². The number of carbonyl (C=O) groups excluding carboxylic acids is 5. The van der Waals surface area contributed by atoms with Gasteiger partial charge < -0.3 is 34.2 Å². The second kappa shape index (κ2) is 17.3. The second-order valence-electron chi connectivity index (χ2n) is 15.6. The Balaban J connectivity index is 1.07. The first-order valence-corrected chi connectivity index (χ1v) is 19.5. The first kappa shape index (κ1) is 45.3. The molecule has 4 aromatic rings. The normalized spacial score (nSPS) is 15.4. The summed E-state index contributed by atoms with van der Waals surface area (Å²) in [6, 6.07) is 6.30. The Kier molecular flexibility index (Phi) is 12.6. The number of hydrogen-bond donors (Lipinski definition) is 1. The van der Waals surface area contributed by atoms with Crippen molar-refractivity contribution in [1.29, 1.82) is 0 Å². The highest BCUT2D eigenvalue weighted by atomic mass is 35.5. The summed E-state index contributed by atoms with van der Waals surface area (Å²) in [7, 11) is 2.16. The molecule has 0 spiro atoms. The number of likely N-dealkylation sites (tertiary alicyclic amines) is 1. The van der Waals surface area contributed by atoms with Crippen LogP contribution in [0.4, 0.5) is 42.5 Å². The lowest BCUT2D eigenvalue weighted by molar-refractivity contribution is -0.170. The van der Waals surface area contributed by atoms with Crippen LogP contribution in [-0.2, 0) is 27.5 Å². The molecule has 1 N–H and O–H groups in total. The van der Waals surface area contributed by atoms with Gasteiger partial charge in [-0.05, 0) is 63.9 Å². The molecule has 0 atom stereocenters. The number of rotatable bonds is 7. The van der Waals surface area contributed by atoms with Crippen LogP contribution in [0.1, 0.15) is 60.3 Å². The quantitative estimate of drug-likeness (QED) is 0.217. The highest BCUT2D eigenvalue weighted by molar-refractivity contribution is 6.34. The molecule has 23 heteroatoms. The van der Waals surface area contributed by atoms with Crippen molar-refractivity contribution in [2.75, 3.05) is 56.5 Å². The van der Waals surface area contributed by atoms with Crippen molar-refractivity contribution in [3.05, 3.63) is 71.0 Å². The van der Waals surface area contributed by atoms with Crippen LogP contribution >= 0.6 is 11.6 Å². The zero-order valence-electron chi connectivity index (χ0n) is 34.0. The summed E-state index contributed by atoms with van der Waals surface area (Å²) in [4.78, 5) is 77.2. The summed E-state index contributed by atoms with van der Waals surface area (Å²) >= 11 is 6.50. The summed E-state index contributed by atoms with van der Waals surface area (Å²) in [5, 5.41) is 6.18. The van der Waals surface area contributed by atoms with Crippen molar-refractivity contribution in [3.63, 3.8) is 0 Å². The zero-order chi connectivity index (χ0) is 45.5. The van der Waals surface area contributed by atoms with Gasteiger partial charge >= 0.3 is 24.4 Å². The van der Waals surface area contributed by atoms with Gasteiger partial charge in [0.1, 0.15) is 5.60 Å². The van der Waals surface area contributed by atoms with Crippen LogP contribution < -0.4 is 10.2 Å². The average molecular weight is 895 g/mol. The van der Waals surface area contributed by atoms with Gasteiger partial charge in [-0.15, -0.1) is 0 Å². The Morgan fingerprint density at radius 1 is 0.855 bits per heavy atom. The van der Waals surface area contributed by atoms with Crippen LogP contribution in [0, 0.1) is 5.92 Å². The number of aromatic nitrogens is 5. The van der Waals surface area contributed by atoms with Gasteiger partial charge in [0, 0.05) is 71.2 Å². The first-order valence-electron chi connectivity index (χ1n) is 19.1. The number of alkyl halides is 6. The molecule has 3 aromatic heterocycles. The van der Waals surface area contributed by atoms with Gasteiger partial charge in [-0.2, -0.15) is 31.4 Å². The minimum absolute atomic E-state index is 0.00561. The molecule has 5 heterocycles. The molecule has 0 unspecified atom stereocenters. The minimum atomic E-state index is -5.17. The summed E-state index contributed by atoms with van der Waals surface area (Å²) in [5.41, 5.74) is -2.66. The molecule has 2 fully saturated rings. The number of benzene rings is 1. The topological polar surface area (TPSA) is 168 Å². The van der Waals surface area contributed by atoms with Crippen LogP contribution in [0.15, 0.2) is 48.9 Å². The number of anilines is 2. The number of piperidine rings is 1. The van der Waals surface area contributed by atoms with E-state index in [4.69, 9.17) is 16.3 Å². The van der Waals surface area contributed by atoms with Crippen molar-refractivity contribution < 1.29 is 55.1 Å². The van der Waals surface area contributed by atoms with Gasteiger partial charge in [0.2, 0.25) is 5.91 Å². The Labute approximate surface area is 355 Å². The molecule has 2 aliphatic rings. The third-order valence-electron chi connectivity index (χ3n) is 10.2. The van der Waals surface area contributed by atoms with Crippen molar-refractivity contribution in [3.8, 4) is 17.1 Å². The maximum atomic E-state index is 14.2.